The van der Waals surface area contributed by atoms with Crippen LogP contribution in [0.1, 0.15) is 23.6 Å². The second-order valence-electron chi connectivity index (χ2n) is 6.12. The number of rotatable bonds is 4. The van der Waals surface area contributed by atoms with Crippen LogP contribution in [0.3, 0.4) is 0 Å². The summed E-state index contributed by atoms with van der Waals surface area (Å²) in [6, 6.07) is 5.74. The van der Waals surface area contributed by atoms with Crippen molar-refractivity contribution in [2.45, 2.75) is 19.9 Å². The van der Waals surface area contributed by atoms with E-state index in [-0.39, 0.29) is 17.8 Å². The SMILES string of the molecule is CC(C)N(C)c1nc2sc(C(=O)O)nc2nc1-c1ccc2c(c1)OCO2. The first kappa shape index (κ1) is 16.5. The maximum absolute atomic E-state index is 11.2. The number of thiazole rings is 1. The summed E-state index contributed by atoms with van der Waals surface area (Å²) in [4.78, 5) is 27.1. The quantitative estimate of drug-likeness (QED) is 0.746. The van der Waals surface area contributed by atoms with Crippen molar-refractivity contribution in [1.82, 2.24) is 15.0 Å². The standard InChI is InChI=1S/C17H16N4O4S/c1-8(2)21(3)14-12(9-4-5-10-11(6-9)25-7-24-10)18-13-15(20-14)26-16(19-13)17(22)23/h4-6,8H,7H2,1-3H3,(H,22,23). The van der Waals surface area contributed by atoms with E-state index in [9.17, 15) is 9.90 Å². The minimum Gasteiger partial charge on any atom is -0.476 e. The summed E-state index contributed by atoms with van der Waals surface area (Å²) < 4.78 is 10.8. The highest BCUT2D eigenvalue weighted by molar-refractivity contribution is 7.19. The van der Waals surface area contributed by atoms with Crippen LogP contribution in [-0.2, 0) is 0 Å². The first-order valence-electron chi connectivity index (χ1n) is 7.98. The lowest BCUT2D eigenvalue weighted by Crippen LogP contribution is -2.27. The Morgan fingerprint density at radius 2 is 2.00 bits per heavy atom. The molecule has 0 aliphatic carbocycles. The van der Waals surface area contributed by atoms with E-state index in [0.29, 0.717) is 33.5 Å². The topological polar surface area (TPSA) is 97.7 Å². The molecule has 0 atom stereocenters. The van der Waals surface area contributed by atoms with E-state index < -0.39 is 5.97 Å². The molecule has 0 bridgehead atoms. The van der Waals surface area contributed by atoms with E-state index in [1.807, 2.05) is 44.0 Å². The molecular weight excluding hydrogens is 356 g/mol. The number of benzene rings is 1. The van der Waals surface area contributed by atoms with Crippen molar-refractivity contribution in [2.24, 2.45) is 0 Å². The monoisotopic (exact) mass is 372 g/mol. The van der Waals surface area contributed by atoms with Gasteiger partial charge in [-0.15, -0.1) is 0 Å². The van der Waals surface area contributed by atoms with Crippen LogP contribution in [0.15, 0.2) is 18.2 Å². The first-order chi connectivity index (χ1) is 12.4. The van der Waals surface area contributed by atoms with Gasteiger partial charge in [0.25, 0.3) is 0 Å². The Morgan fingerprint density at radius 3 is 2.73 bits per heavy atom. The van der Waals surface area contributed by atoms with Crippen LogP contribution in [0.5, 0.6) is 11.5 Å². The van der Waals surface area contributed by atoms with Gasteiger partial charge in [0, 0.05) is 18.7 Å². The van der Waals surface area contributed by atoms with Gasteiger partial charge in [0.1, 0.15) is 5.69 Å². The fraction of sp³-hybridized carbons (Fsp3) is 0.294. The summed E-state index contributed by atoms with van der Waals surface area (Å²) in [5.74, 6) is 0.903. The summed E-state index contributed by atoms with van der Waals surface area (Å²) in [6.07, 6.45) is 0. The Morgan fingerprint density at radius 1 is 1.23 bits per heavy atom. The summed E-state index contributed by atoms with van der Waals surface area (Å²) in [6.45, 7) is 4.28. The molecule has 0 fully saturated rings. The Bertz CT molecular complexity index is 1020. The molecule has 26 heavy (non-hydrogen) atoms. The molecule has 0 saturated carbocycles. The summed E-state index contributed by atoms with van der Waals surface area (Å²) in [5.41, 5.74) is 1.74. The van der Waals surface area contributed by atoms with Crippen LogP contribution in [-0.4, -0.2) is 45.9 Å². The molecule has 1 aromatic carbocycles. The highest BCUT2D eigenvalue weighted by atomic mass is 32.1. The van der Waals surface area contributed by atoms with Crippen molar-refractivity contribution in [1.29, 1.82) is 0 Å². The number of anilines is 1. The predicted octanol–water partition coefficient (Wildman–Crippen LogP) is 3.02. The van der Waals surface area contributed by atoms with E-state index in [1.54, 1.807) is 0 Å². The number of carbonyl (C=O) groups is 1. The van der Waals surface area contributed by atoms with Crippen LogP contribution in [0.25, 0.3) is 21.7 Å². The average molecular weight is 372 g/mol. The number of carboxylic acid groups (broad SMARTS) is 1. The second-order valence-corrected chi connectivity index (χ2v) is 7.10. The number of carboxylic acids is 1. The second kappa shape index (κ2) is 6.10. The van der Waals surface area contributed by atoms with Crippen LogP contribution in [0.2, 0.25) is 0 Å². The summed E-state index contributed by atoms with van der Waals surface area (Å²) in [7, 11) is 1.93. The van der Waals surface area contributed by atoms with Crippen LogP contribution < -0.4 is 14.4 Å². The molecule has 3 heterocycles. The smallest absolute Gasteiger partial charge is 0.365 e. The van der Waals surface area contributed by atoms with Gasteiger partial charge >= 0.3 is 5.97 Å². The highest BCUT2D eigenvalue weighted by Crippen LogP contribution is 2.38. The van der Waals surface area contributed by atoms with E-state index in [2.05, 4.69) is 15.0 Å². The van der Waals surface area contributed by atoms with Gasteiger partial charge in [-0.2, -0.15) is 0 Å². The van der Waals surface area contributed by atoms with Gasteiger partial charge in [0.15, 0.2) is 27.8 Å². The van der Waals surface area contributed by atoms with Gasteiger partial charge in [0.2, 0.25) is 11.8 Å². The number of ether oxygens (including phenoxy) is 2. The summed E-state index contributed by atoms with van der Waals surface area (Å²) >= 11 is 1.02. The number of fused-ring (bicyclic) bond motifs is 2. The third-order valence-electron chi connectivity index (χ3n) is 4.17. The molecule has 0 amide bonds. The van der Waals surface area contributed by atoms with Gasteiger partial charge in [-0.25, -0.2) is 19.7 Å². The van der Waals surface area contributed by atoms with Gasteiger partial charge in [-0.1, -0.05) is 11.3 Å². The van der Waals surface area contributed by atoms with Crippen LogP contribution in [0, 0.1) is 0 Å². The normalized spacial score (nSPS) is 12.8. The zero-order chi connectivity index (χ0) is 18.4. The molecular formula is C17H16N4O4S. The third kappa shape index (κ3) is 2.70. The summed E-state index contributed by atoms with van der Waals surface area (Å²) in [5, 5.41) is 9.17. The van der Waals surface area contributed by atoms with Crippen molar-refractivity contribution in [3.63, 3.8) is 0 Å². The fourth-order valence-corrected chi connectivity index (χ4v) is 3.29. The Hall–Kier alpha value is -2.94. The lowest BCUT2D eigenvalue weighted by atomic mass is 10.1. The zero-order valence-electron chi connectivity index (χ0n) is 14.4. The van der Waals surface area contributed by atoms with Gasteiger partial charge in [-0.05, 0) is 32.0 Å². The molecule has 0 saturated heterocycles. The molecule has 8 nitrogen and oxygen atoms in total. The molecule has 3 aromatic rings. The number of aromatic carboxylic acids is 1. The maximum atomic E-state index is 11.2. The Balaban J connectivity index is 1.93. The van der Waals surface area contributed by atoms with Crippen molar-refractivity contribution in [3.8, 4) is 22.8 Å². The average Bonchev–Trinajstić information content (AvgIpc) is 3.25. The molecule has 1 N–H and O–H groups in total. The molecule has 1 aliphatic heterocycles. The van der Waals surface area contributed by atoms with Crippen LogP contribution in [0.4, 0.5) is 5.82 Å². The highest BCUT2D eigenvalue weighted by Gasteiger charge is 2.22. The molecule has 1 aliphatic rings. The molecule has 9 heteroatoms. The van der Waals surface area contributed by atoms with Crippen molar-refractivity contribution < 1.29 is 19.4 Å². The number of nitrogens with zero attached hydrogens (tertiary/aromatic N) is 4. The van der Waals surface area contributed by atoms with Crippen molar-refractivity contribution >= 4 is 33.6 Å². The zero-order valence-corrected chi connectivity index (χ0v) is 15.2. The van der Waals surface area contributed by atoms with Gasteiger partial charge < -0.3 is 19.5 Å². The van der Waals surface area contributed by atoms with Gasteiger partial charge in [0.05, 0.1) is 0 Å². The van der Waals surface area contributed by atoms with E-state index in [4.69, 9.17) is 9.47 Å². The first-order valence-corrected chi connectivity index (χ1v) is 8.80. The molecule has 0 unspecified atom stereocenters. The molecule has 2 aromatic heterocycles. The number of hydrogen-bond acceptors (Lipinski definition) is 8. The van der Waals surface area contributed by atoms with E-state index >= 15 is 0 Å². The minimum absolute atomic E-state index is 0.0269. The fourth-order valence-electron chi connectivity index (χ4n) is 2.57. The maximum Gasteiger partial charge on any atom is 0.365 e. The Labute approximate surface area is 153 Å². The number of hydrogen-bond donors (Lipinski definition) is 1. The van der Waals surface area contributed by atoms with Gasteiger partial charge in [-0.3, -0.25) is 0 Å². The lowest BCUT2D eigenvalue weighted by Gasteiger charge is -2.24. The largest absolute Gasteiger partial charge is 0.476 e. The molecule has 134 valence electrons. The predicted molar refractivity (Wildman–Crippen MR) is 97.3 cm³/mol. The third-order valence-corrected chi connectivity index (χ3v) is 5.09. The molecule has 4 rings (SSSR count). The van der Waals surface area contributed by atoms with Crippen molar-refractivity contribution in [3.05, 3.63) is 23.2 Å². The number of aromatic nitrogens is 3. The van der Waals surface area contributed by atoms with E-state index in [1.165, 1.54) is 0 Å². The lowest BCUT2D eigenvalue weighted by molar-refractivity contribution is 0.0696. The van der Waals surface area contributed by atoms with Crippen molar-refractivity contribution in [2.75, 3.05) is 18.7 Å². The van der Waals surface area contributed by atoms with E-state index in [0.717, 1.165) is 16.9 Å². The molecule has 0 spiro atoms. The Kier molecular flexibility index (Phi) is 3.87. The minimum atomic E-state index is -1.09. The molecule has 0 radical (unpaired) electrons. The van der Waals surface area contributed by atoms with Crippen LogP contribution >= 0.6 is 11.3 Å².